The highest BCUT2D eigenvalue weighted by atomic mass is 16.6. The monoisotopic (exact) mass is 822 g/mol. The molecule has 312 valence electrons. The molecule has 14 heteroatoms. The third kappa shape index (κ3) is 9.66. The molecule has 1 unspecified atom stereocenters. The number of carboxylic acid groups (broad SMARTS) is 1. The first-order chi connectivity index (χ1) is 29.5. The zero-order valence-corrected chi connectivity index (χ0v) is 33.9. The summed E-state index contributed by atoms with van der Waals surface area (Å²) in [6.45, 7) is 4.22. The van der Waals surface area contributed by atoms with Crippen LogP contribution in [0.2, 0.25) is 0 Å². The van der Waals surface area contributed by atoms with Gasteiger partial charge in [0.15, 0.2) is 0 Å². The van der Waals surface area contributed by atoms with Crippen molar-refractivity contribution in [2.24, 2.45) is 0 Å². The number of carbonyl (C=O) groups excluding carboxylic acids is 2. The Morgan fingerprint density at radius 2 is 1.33 bits per heavy atom. The van der Waals surface area contributed by atoms with E-state index in [1.165, 1.54) is 17.0 Å². The molecule has 0 aliphatic carbocycles. The van der Waals surface area contributed by atoms with Gasteiger partial charge >= 0.3 is 6.09 Å². The number of aliphatic hydroxyl groups is 1. The summed E-state index contributed by atoms with van der Waals surface area (Å²) in [4.78, 5) is 62.2. The second-order valence-corrected chi connectivity index (χ2v) is 15.0. The van der Waals surface area contributed by atoms with Crippen molar-refractivity contribution in [2.75, 3.05) is 32.8 Å². The summed E-state index contributed by atoms with van der Waals surface area (Å²) in [5.74, 6) is -0.510. The first-order valence-corrected chi connectivity index (χ1v) is 20.2. The zero-order valence-electron chi connectivity index (χ0n) is 33.9. The van der Waals surface area contributed by atoms with Gasteiger partial charge in [0.05, 0.1) is 50.8 Å². The van der Waals surface area contributed by atoms with Gasteiger partial charge in [-0.2, -0.15) is 0 Å². The van der Waals surface area contributed by atoms with Crippen LogP contribution in [0.25, 0.3) is 43.6 Å². The molecule has 0 aliphatic heterocycles. The molecule has 5 aromatic carbocycles. The molecule has 1 atom stereocenters. The van der Waals surface area contributed by atoms with E-state index in [1.54, 1.807) is 24.3 Å². The number of carbonyl (C=O) groups is 3. The molecule has 0 saturated heterocycles. The molecule has 0 aliphatic rings. The molecule has 7 aromatic rings. The average Bonchev–Trinajstić information content (AvgIpc) is 3.25. The fourth-order valence-electron chi connectivity index (χ4n) is 7.57. The molecule has 0 radical (unpaired) electrons. The van der Waals surface area contributed by atoms with E-state index in [2.05, 4.69) is 10.6 Å². The van der Waals surface area contributed by atoms with Gasteiger partial charge < -0.3 is 30.5 Å². The number of para-hydroxylation sites is 4. The number of nitrogens with one attached hydrogen (secondary N) is 2. The second kappa shape index (κ2) is 18.8. The lowest BCUT2D eigenvalue weighted by atomic mass is 10.00. The Morgan fingerprint density at radius 1 is 0.754 bits per heavy atom. The van der Waals surface area contributed by atoms with Crippen LogP contribution in [0.3, 0.4) is 0 Å². The molecule has 2 aromatic heterocycles. The minimum atomic E-state index is -1.17. The smallest absolute Gasteiger partial charge is 0.407 e. The molecule has 14 nitrogen and oxygen atoms in total. The predicted octanol–water partition coefficient (Wildman–Crippen LogP) is 7.91. The van der Waals surface area contributed by atoms with Crippen molar-refractivity contribution in [3.8, 4) is 5.75 Å². The lowest BCUT2D eigenvalue weighted by Crippen LogP contribution is -2.41. The molecule has 7 rings (SSSR count). The van der Waals surface area contributed by atoms with Gasteiger partial charge in [-0.25, -0.2) is 14.8 Å². The molecular weight excluding hydrogens is 777 g/mol. The number of fused-ring (bicyclic) bond motifs is 4. The van der Waals surface area contributed by atoms with E-state index in [0.29, 0.717) is 40.6 Å². The summed E-state index contributed by atoms with van der Waals surface area (Å²) in [5, 5.41) is 40.8. The van der Waals surface area contributed by atoms with Crippen LogP contribution in [0.15, 0.2) is 103 Å². The molecular formula is C47H46N6O8. The fraction of sp³-hybridized carbons (Fsp3) is 0.255. The number of pyridine rings is 2. The van der Waals surface area contributed by atoms with Crippen molar-refractivity contribution < 1.29 is 34.3 Å². The Morgan fingerprint density at radius 3 is 1.90 bits per heavy atom. The number of nitro benzene ring substituents is 1. The zero-order chi connectivity index (χ0) is 43.0. The van der Waals surface area contributed by atoms with Crippen LogP contribution in [-0.4, -0.2) is 86.8 Å². The van der Waals surface area contributed by atoms with Gasteiger partial charge in [0.1, 0.15) is 5.75 Å². The highest BCUT2D eigenvalue weighted by molar-refractivity contribution is 6.09. The van der Waals surface area contributed by atoms with Crippen LogP contribution in [-0.2, 0) is 6.42 Å². The number of hydrogen-bond acceptors (Lipinski definition) is 9. The summed E-state index contributed by atoms with van der Waals surface area (Å²) >= 11 is 0. The highest BCUT2D eigenvalue weighted by Crippen LogP contribution is 2.29. The van der Waals surface area contributed by atoms with Gasteiger partial charge in [-0.3, -0.25) is 19.7 Å². The number of amides is 3. The van der Waals surface area contributed by atoms with Crippen LogP contribution in [0.1, 0.15) is 56.7 Å². The number of benzene rings is 5. The third-order valence-electron chi connectivity index (χ3n) is 10.8. The molecule has 0 bridgehead atoms. The van der Waals surface area contributed by atoms with Gasteiger partial charge in [0.25, 0.3) is 17.5 Å². The molecule has 3 amide bonds. The van der Waals surface area contributed by atoms with Crippen molar-refractivity contribution in [3.63, 3.8) is 0 Å². The fourth-order valence-corrected chi connectivity index (χ4v) is 7.57. The summed E-state index contributed by atoms with van der Waals surface area (Å²) < 4.78 is 5.87. The highest BCUT2D eigenvalue weighted by Gasteiger charge is 2.23. The standard InChI is InChI=1S/C47H46N6O8/c1-29-9-3-11-32-25-34-13-5-15-38(43(34)50-41(29)32)45(55)48-20-7-21-52(47(57)58)22-19-36(27-31-17-18-37(53(59)60)28-40(31)61-24-8-23-54)49-46(56)39-16-6-14-35-26-33-12-4-10-30(2)42(33)51-44(35)39/h3-6,9-18,25-26,28,36,54H,7-8,19-24,27H2,1-2H3,(H,48,55)(H,49,56)(H,57,58). The maximum absolute atomic E-state index is 14.2. The lowest BCUT2D eigenvalue weighted by Gasteiger charge is -2.25. The largest absolute Gasteiger partial charge is 0.493 e. The van der Waals surface area contributed by atoms with Crippen LogP contribution >= 0.6 is 0 Å². The second-order valence-electron chi connectivity index (χ2n) is 15.0. The third-order valence-corrected chi connectivity index (χ3v) is 10.8. The number of aromatic nitrogens is 2. The van der Waals surface area contributed by atoms with E-state index in [9.17, 15) is 34.7 Å². The van der Waals surface area contributed by atoms with Crippen LogP contribution in [0.4, 0.5) is 10.5 Å². The summed E-state index contributed by atoms with van der Waals surface area (Å²) in [7, 11) is 0. The molecule has 0 fully saturated rings. The Balaban J connectivity index is 1.08. The van der Waals surface area contributed by atoms with Gasteiger partial charge in [-0.15, -0.1) is 0 Å². The minimum Gasteiger partial charge on any atom is -0.493 e. The number of ether oxygens (including phenoxy) is 1. The van der Waals surface area contributed by atoms with E-state index in [-0.39, 0.29) is 63.0 Å². The van der Waals surface area contributed by atoms with E-state index in [0.717, 1.165) is 43.7 Å². The topological polar surface area (TPSA) is 197 Å². The Kier molecular flexibility index (Phi) is 12.9. The number of aryl methyl sites for hydroxylation is 2. The first-order valence-electron chi connectivity index (χ1n) is 20.2. The van der Waals surface area contributed by atoms with Crippen molar-refractivity contribution in [1.29, 1.82) is 0 Å². The van der Waals surface area contributed by atoms with Gasteiger partial charge in [0.2, 0.25) is 0 Å². The van der Waals surface area contributed by atoms with Crippen molar-refractivity contribution in [3.05, 3.63) is 141 Å². The first kappa shape index (κ1) is 42.0. The van der Waals surface area contributed by atoms with Crippen molar-refractivity contribution >= 4 is 67.2 Å². The van der Waals surface area contributed by atoms with Crippen LogP contribution < -0.4 is 15.4 Å². The molecule has 61 heavy (non-hydrogen) atoms. The van der Waals surface area contributed by atoms with Crippen LogP contribution in [0.5, 0.6) is 5.75 Å². The molecule has 0 spiro atoms. The summed E-state index contributed by atoms with van der Waals surface area (Å²) in [6, 6.07) is 30.2. The van der Waals surface area contributed by atoms with E-state index >= 15 is 0 Å². The van der Waals surface area contributed by atoms with E-state index < -0.39 is 23.0 Å². The number of hydrogen-bond donors (Lipinski definition) is 4. The quantitative estimate of drug-likeness (QED) is 0.0303. The normalized spacial score (nSPS) is 11.8. The maximum Gasteiger partial charge on any atom is 0.407 e. The van der Waals surface area contributed by atoms with Gasteiger partial charge in [-0.1, -0.05) is 60.7 Å². The minimum absolute atomic E-state index is 0.0270. The summed E-state index contributed by atoms with van der Waals surface area (Å²) in [6.07, 6.45) is -0.229. The average molecular weight is 823 g/mol. The van der Waals surface area contributed by atoms with Gasteiger partial charge in [0, 0.05) is 66.3 Å². The molecule has 2 heterocycles. The predicted molar refractivity (Wildman–Crippen MR) is 234 cm³/mol. The maximum atomic E-state index is 14.2. The number of nitro groups is 1. The summed E-state index contributed by atoms with van der Waals surface area (Å²) in [5.41, 5.74) is 5.78. The number of non-ortho nitro benzene ring substituents is 1. The molecule has 0 saturated carbocycles. The van der Waals surface area contributed by atoms with Crippen LogP contribution in [0, 0.1) is 24.0 Å². The Bertz CT molecular complexity index is 2790. The number of nitrogens with zero attached hydrogens (tertiary/aromatic N) is 4. The SMILES string of the molecule is Cc1cccc2cc3cccc(C(=O)NCCCN(CCC(Cc4ccc([N+](=O)[O-])cc4OCCCO)NC(=O)c4cccc5cc6cccc(C)c6nc45)C(=O)O)c3nc12. The van der Waals surface area contributed by atoms with Gasteiger partial charge in [-0.05, 0) is 80.1 Å². The lowest BCUT2D eigenvalue weighted by molar-refractivity contribution is -0.385. The number of rotatable bonds is 17. The Labute approximate surface area is 351 Å². The van der Waals surface area contributed by atoms with Crippen molar-refractivity contribution in [2.45, 2.75) is 45.6 Å². The molecule has 4 N–H and O–H groups in total. The number of aliphatic hydroxyl groups excluding tert-OH is 1. The van der Waals surface area contributed by atoms with E-state index in [4.69, 9.17) is 14.7 Å². The Hall–Kier alpha value is -7.19. The van der Waals surface area contributed by atoms with Crippen molar-refractivity contribution in [1.82, 2.24) is 25.5 Å². The van der Waals surface area contributed by atoms with E-state index in [1.807, 2.05) is 80.6 Å².